The van der Waals surface area contributed by atoms with E-state index in [2.05, 4.69) is 24.3 Å². The summed E-state index contributed by atoms with van der Waals surface area (Å²) in [5.41, 5.74) is 0.878. The van der Waals surface area contributed by atoms with E-state index in [1.807, 2.05) is 37.2 Å². The molecule has 1 aliphatic heterocycles. The average Bonchev–Trinajstić information content (AvgIpc) is 3.01. The second-order valence-corrected chi connectivity index (χ2v) is 6.19. The zero-order valence-electron chi connectivity index (χ0n) is 13.2. The molecule has 4 nitrogen and oxygen atoms in total. The van der Waals surface area contributed by atoms with Gasteiger partial charge in [-0.3, -0.25) is 0 Å². The highest BCUT2D eigenvalue weighted by Crippen LogP contribution is 2.45. The molecule has 1 aliphatic rings. The van der Waals surface area contributed by atoms with Crippen molar-refractivity contribution in [3.63, 3.8) is 0 Å². The molecule has 4 rings (SSSR count). The van der Waals surface area contributed by atoms with Gasteiger partial charge >= 0.3 is 0 Å². The van der Waals surface area contributed by atoms with E-state index in [9.17, 15) is 5.11 Å². The molecular weight excluding hydrogens is 290 g/mol. The SMILES string of the molecule is CN(C)C[C@@H](O)c1cc2c(c3c1ccc1ccccc13)OCO2. The standard InChI is InChI=1S/C19H19NO3/c1-20(2)10-16(21)15-9-17-19(23-11-22-17)18-13-6-4-3-5-12(13)7-8-14(15)18/h3-9,16,21H,10-11H2,1-2H3/t16-/m1/s1. The van der Waals surface area contributed by atoms with Crippen LogP contribution in [0.3, 0.4) is 0 Å². The number of hydrogen-bond acceptors (Lipinski definition) is 4. The van der Waals surface area contributed by atoms with Crippen molar-refractivity contribution in [3.05, 3.63) is 48.0 Å². The van der Waals surface area contributed by atoms with Crippen molar-refractivity contribution in [2.45, 2.75) is 6.10 Å². The Balaban J connectivity index is 2.05. The molecule has 0 aromatic heterocycles. The van der Waals surface area contributed by atoms with Gasteiger partial charge in [-0.1, -0.05) is 36.4 Å². The van der Waals surface area contributed by atoms with Gasteiger partial charge in [0.15, 0.2) is 11.5 Å². The Labute approximate surface area is 134 Å². The first-order valence-corrected chi connectivity index (χ1v) is 7.72. The molecule has 0 fully saturated rings. The fourth-order valence-corrected chi connectivity index (χ4v) is 3.29. The molecule has 0 bridgehead atoms. The monoisotopic (exact) mass is 309 g/mol. The molecular formula is C19H19NO3. The number of aliphatic hydroxyl groups is 1. The second kappa shape index (κ2) is 5.41. The van der Waals surface area contributed by atoms with E-state index < -0.39 is 6.10 Å². The summed E-state index contributed by atoms with van der Waals surface area (Å²) >= 11 is 0. The van der Waals surface area contributed by atoms with Gasteiger partial charge in [-0.05, 0) is 41.9 Å². The number of hydrogen-bond donors (Lipinski definition) is 1. The maximum atomic E-state index is 10.7. The zero-order valence-corrected chi connectivity index (χ0v) is 13.2. The number of likely N-dealkylation sites (N-methyl/N-ethyl adjacent to an activating group) is 1. The van der Waals surface area contributed by atoms with Gasteiger partial charge in [-0.2, -0.15) is 0 Å². The Bertz CT molecular complexity index is 889. The zero-order chi connectivity index (χ0) is 16.0. The second-order valence-electron chi connectivity index (χ2n) is 6.19. The Hall–Kier alpha value is -2.30. The molecule has 1 heterocycles. The highest BCUT2D eigenvalue weighted by atomic mass is 16.7. The van der Waals surface area contributed by atoms with E-state index in [1.165, 1.54) is 0 Å². The van der Waals surface area contributed by atoms with Crippen molar-refractivity contribution in [2.75, 3.05) is 27.4 Å². The Morgan fingerprint density at radius 2 is 1.91 bits per heavy atom. The minimum absolute atomic E-state index is 0.223. The third kappa shape index (κ3) is 2.31. The first kappa shape index (κ1) is 14.3. The van der Waals surface area contributed by atoms with E-state index >= 15 is 0 Å². The van der Waals surface area contributed by atoms with Crippen LogP contribution >= 0.6 is 0 Å². The topological polar surface area (TPSA) is 41.9 Å². The summed E-state index contributed by atoms with van der Waals surface area (Å²) in [7, 11) is 3.90. The van der Waals surface area contributed by atoms with E-state index in [1.54, 1.807) is 0 Å². The molecule has 0 spiro atoms. The average molecular weight is 309 g/mol. The lowest BCUT2D eigenvalue weighted by atomic mass is 9.94. The molecule has 0 aliphatic carbocycles. The molecule has 0 amide bonds. The highest BCUT2D eigenvalue weighted by Gasteiger charge is 2.24. The minimum Gasteiger partial charge on any atom is -0.454 e. The third-order valence-corrected chi connectivity index (χ3v) is 4.29. The van der Waals surface area contributed by atoms with Crippen molar-refractivity contribution in [1.82, 2.24) is 4.90 Å². The summed E-state index contributed by atoms with van der Waals surface area (Å²) in [5, 5.41) is 15.0. The molecule has 0 saturated heterocycles. The summed E-state index contributed by atoms with van der Waals surface area (Å²) in [5.74, 6) is 1.49. The van der Waals surface area contributed by atoms with Gasteiger partial charge in [0.25, 0.3) is 0 Å². The Morgan fingerprint density at radius 1 is 1.09 bits per heavy atom. The lowest BCUT2D eigenvalue weighted by molar-refractivity contribution is 0.139. The molecule has 0 radical (unpaired) electrons. The van der Waals surface area contributed by atoms with Crippen LogP contribution in [0.25, 0.3) is 21.5 Å². The van der Waals surface area contributed by atoms with Crippen LogP contribution in [0, 0.1) is 0 Å². The van der Waals surface area contributed by atoms with Gasteiger partial charge < -0.3 is 19.5 Å². The Kier molecular flexibility index (Phi) is 3.36. The van der Waals surface area contributed by atoms with Crippen LogP contribution in [0.5, 0.6) is 11.5 Å². The van der Waals surface area contributed by atoms with E-state index in [4.69, 9.17) is 9.47 Å². The summed E-state index contributed by atoms with van der Waals surface area (Å²) in [6, 6.07) is 14.3. The molecule has 0 unspecified atom stereocenters. The first-order valence-electron chi connectivity index (χ1n) is 7.72. The van der Waals surface area contributed by atoms with Crippen molar-refractivity contribution in [2.24, 2.45) is 0 Å². The maximum Gasteiger partial charge on any atom is 0.231 e. The normalized spacial score (nSPS) is 14.8. The Morgan fingerprint density at radius 3 is 2.74 bits per heavy atom. The molecule has 23 heavy (non-hydrogen) atoms. The molecule has 118 valence electrons. The van der Waals surface area contributed by atoms with Crippen molar-refractivity contribution < 1.29 is 14.6 Å². The van der Waals surface area contributed by atoms with Gasteiger partial charge in [0.2, 0.25) is 6.79 Å². The number of rotatable bonds is 3. The molecule has 1 atom stereocenters. The van der Waals surface area contributed by atoms with Crippen LogP contribution in [-0.2, 0) is 0 Å². The largest absolute Gasteiger partial charge is 0.454 e. The van der Waals surface area contributed by atoms with Gasteiger partial charge in [-0.25, -0.2) is 0 Å². The van der Waals surface area contributed by atoms with Gasteiger partial charge in [-0.15, -0.1) is 0 Å². The van der Waals surface area contributed by atoms with Crippen LogP contribution in [0.2, 0.25) is 0 Å². The molecule has 1 N–H and O–H groups in total. The van der Waals surface area contributed by atoms with Gasteiger partial charge in [0.05, 0.1) is 6.10 Å². The third-order valence-electron chi connectivity index (χ3n) is 4.29. The number of benzene rings is 3. The van der Waals surface area contributed by atoms with Crippen LogP contribution in [0.1, 0.15) is 11.7 Å². The maximum absolute atomic E-state index is 10.7. The predicted octanol–water partition coefficient (Wildman–Crippen LogP) is 3.32. The highest BCUT2D eigenvalue weighted by molar-refractivity contribution is 6.12. The number of fused-ring (bicyclic) bond motifs is 5. The van der Waals surface area contributed by atoms with Crippen molar-refractivity contribution in [3.8, 4) is 11.5 Å². The summed E-state index contributed by atoms with van der Waals surface area (Å²) in [4.78, 5) is 1.97. The number of ether oxygens (including phenoxy) is 2. The fraction of sp³-hybridized carbons (Fsp3) is 0.263. The van der Waals surface area contributed by atoms with Crippen LogP contribution < -0.4 is 9.47 Å². The van der Waals surface area contributed by atoms with Crippen molar-refractivity contribution >= 4 is 21.5 Å². The van der Waals surface area contributed by atoms with Crippen LogP contribution in [0.4, 0.5) is 0 Å². The lowest BCUT2D eigenvalue weighted by Crippen LogP contribution is -2.20. The van der Waals surface area contributed by atoms with Crippen molar-refractivity contribution in [1.29, 1.82) is 0 Å². The van der Waals surface area contributed by atoms with Crippen LogP contribution in [-0.4, -0.2) is 37.4 Å². The quantitative estimate of drug-likeness (QED) is 0.754. The minimum atomic E-state index is -0.580. The number of nitrogens with zero attached hydrogens (tertiary/aromatic N) is 1. The molecule has 4 heteroatoms. The molecule has 3 aromatic rings. The predicted molar refractivity (Wildman–Crippen MR) is 91.1 cm³/mol. The van der Waals surface area contributed by atoms with Gasteiger partial charge in [0.1, 0.15) is 0 Å². The summed E-state index contributed by atoms with van der Waals surface area (Å²) in [6.45, 7) is 0.780. The lowest BCUT2D eigenvalue weighted by Gasteiger charge is -2.19. The summed E-state index contributed by atoms with van der Waals surface area (Å²) in [6.07, 6.45) is -0.580. The fourth-order valence-electron chi connectivity index (χ4n) is 3.29. The van der Waals surface area contributed by atoms with E-state index in [0.717, 1.165) is 32.9 Å². The van der Waals surface area contributed by atoms with E-state index in [0.29, 0.717) is 12.3 Å². The smallest absolute Gasteiger partial charge is 0.231 e. The molecule has 3 aromatic carbocycles. The number of aliphatic hydroxyl groups excluding tert-OH is 1. The van der Waals surface area contributed by atoms with Gasteiger partial charge in [0, 0.05) is 11.9 Å². The van der Waals surface area contributed by atoms with E-state index in [-0.39, 0.29) is 6.79 Å². The first-order chi connectivity index (χ1) is 11.1. The molecule has 0 saturated carbocycles. The summed E-state index contributed by atoms with van der Waals surface area (Å²) < 4.78 is 11.3. The van der Waals surface area contributed by atoms with Crippen LogP contribution in [0.15, 0.2) is 42.5 Å².